The topological polar surface area (TPSA) is 41.4 Å². The van der Waals surface area contributed by atoms with E-state index < -0.39 is 0 Å². The van der Waals surface area contributed by atoms with Gasteiger partial charge in [-0.15, -0.1) is 0 Å². The summed E-state index contributed by atoms with van der Waals surface area (Å²) in [6.45, 7) is 6.88. The lowest BCUT2D eigenvalue weighted by Crippen LogP contribution is -2.37. The molecule has 0 atom stereocenters. The second-order valence-corrected chi connectivity index (χ2v) is 4.16. The standard InChI is InChI=1S/C13H24N4/c1-4-6-8-15-13(14-5-2)16-10-12-7-9-17(3)11-12/h7,9,11H,4-6,8,10H2,1-3H3,(H2,14,15,16). The van der Waals surface area contributed by atoms with Crippen LogP contribution >= 0.6 is 0 Å². The van der Waals surface area contributed by atoms with Crippen molar-refractivity contribution in [2.45, 2.75) is 33.2 Å². The molecule has 0 saturated carbocycles. The number of hydrogen-bond donors (Lipinski definition) is 2. The zero-order chi connectivity index (χ0) is 12.5. The van der Waals surface area contributed by atoms with Crippen molar-refractivity contribution in [3.63, 3.8) is 0 Å². The summed E-state index contributed by atoms with van der Waals surface area (Å²) >= 11 is 0. The molecule has 0 amide bonds. The van der Waals surface area contributed by atoms with Crippen LogP contribution in [0.4, 0.5) is 0 Å². The molecule has 4 nitrogen and oxygen atoms in total. The van der Waals surface area contributed by atoms with Crippen molar-refractivity contribution in [2.24, 2.45) is 12.0 Å². The number of guanidine groups is 1. The minimum absolute atomic E-state index is 0.725. The molecule has 0 spiro atoms. The van der Waals surface area contributed by atoms with Crippen molar-refractivity contribution in [1.82, 2.24) is 15.2 Å². The van der Waals surface area contributed by atoms with Crippen LogP contribution in [-0.4, -0.2) is 23.6 Å². The molecule has 1 rings (SSSR count). The molecule has 0 radical (unpaired) electrons. The molecule has 17 heavy (non-hydrogen) atoms. The average molecular weight is 236 g/mol. The predicted molar refractivity (Wildman–Crippen MR) is 73.1 cm³/mol. The van der Waals surface area contributed by atoms with Crippen LogP contribution in [-0.2, 0) is 13.6 Å². The zero-order valence-corrected chi connectivity index (χ0v) is 11.2. The molecular formula is C13H24N4. The molecule has 0 aromatic carbocycles. The minimum Gasteiger partial charge on any atom is -0.357 e. The molecule has 2 N–H and O–H groups in total. The number of aromatic nitrogens is 1. The summed E-state index contributed by atoms with van der Waals surface area (Å²) in [6, 6.07) is 2.10. The van der Waals surface area contributed by atoms with Crippen molar-refractivity contribution in [3.8, 4) is 0 Å². The molecule has 1 heterocycles. The number of aliphatic imine (C=N–C) groups is 1. The Morgan fingerprint density at radius 3 is 2.76 bits per heavy atom. The molecular weight excluding hydrogens is 212 g/mol. The Kier molecular flexibility index (Phi) is 6.22. The van der Waals surface area contributed by atoms with E-state index in [4.69, 9.17) is 0 Å². The zero-order valence-electron chi connectivity index (χ0n) is 11.2. The third-order valence-electron chi connectivity index (χ3n) is 2.48. The van der Waals surface area contributed by atoms with E-state index in [2.05, 4.69) is 41.7 Å². The number of nitrogens with zero attached hydrogens (tertiary/aromatic N) is 2. The Morgan fingerprint density at radius 1 is 1.35 bits per heavy atom. The van der Waals surface area contributed by atoms with Gasteiger partial charge in [0.15, 0.2) is 5.96 Å². The lowest BCUT2D eigenvalue weighted by molar-refractivity contribution is 0.730. The van der Waals surface area contributed by atoms with Gasteiger partial charge >= 0.3 is 0 Å². The second kappa shape index (κ2) is 7.76. The molecule has 0 saturated heterocycles. The Bertz CT molecular complexity index is 341. The van der Waals surface area contributed by atoms with Gasteiger partial charge < -0.3 is 15.2 Å². The molecule has 0 unspecified atom stereocenters. The predicted octanol–water partition coefficient (Wildman–Crippen LogP) is 1.88. The van der Waals surface area contributed by atoms with Crippen LogP contribution < -0.4 is 10.6 Å². The molecule has 0 aliphatic rings. The van der Waals surface area contributed by atoms with Gasteiger partial charge in [0.25, 0.3) is 0 Å². The summed E-state index contributed by atoms with van der Waals surface area (Å²) in [5.41, 5.74) is 1.24. The van der Waals surface area contributed by atoms with Gasteiger partial charge in [-0.3, -0.25) is 0 Å². The van der Waals surface area contributed by atoms with E-state index in [1.807, 2.05) is 17.8 Å². The first-order chi connectivity index (χ1) is 8.26. The third kappa shape index (κ3) is 5.43. The summed E-state index contributed by atoms with van der Waals surface area (Å²) in [5, 5.41) is 6.58. The van der Waals surface area contributed by atoms with Gasteiger partial charge in [-0.1, -0.05) is 13.3 Å². The van der Waals surface area contributed by atoms with Crippen LogP contribution in [0, 0.1) is 0 Å². The Hall–Kier alpha value is -1.45. The number of nitrogens with one attached hydrogen (secondary N) is 2. The maximum atomic E-state index is 4.55. The Morgan fingerprint density at radius 2 is 2.18 bits per heavy atom. The largest absolute Gasteiger partial charge is 0.357 e. The van der Waals surface area contributed by atoms with Crippen LogP contribution in [0.25, 0.3) is 0 Å². The van der Waals surface area contributed by atoms with Gasteiger partial charge in [0.2, 0.25) is 0 Å². The van der Waals surface area contributed by atoms with E-state index in [9.17, 15) is 0 Å². The van der Waals surface area contributed by atoms with Crippen LogP contribution in [0.5, 0.6) is 0 Å². The molecule has 0 aliphatic carbocycles. The van der Waals surface area contributed by atoms with E-state index in [0.717, 1.165) is 25.6 Å². The van der Waals surface area contributed by atoms with E-state index in [0.29, 0.717) is 0 Å². The summed E-state index contributed by atoms with van der Waals surface area (Å²) in [5.74, 6) is 0.907. The van der Waals surface area contributed by atoms with Gasteiger partial charge in [-0.2, -0.15) is 0 Å². The second-order valence-electron chi connectivity index (χ2n) is 4.16. The molecule has 1 aromatic rings. The van der Waals surface area contributed by atoms with Gasteiger partial charge in [-0.05, 0) is 25.0 Å². The molecule has 4 heteroatoms. The van der Waals surface area contributed by atoms with Crippen LogP contribution in [0.2, 0.25) is 0 Å². The van der Waals surface area contributed by atoms with Gasteiger partial charge in [0, 0.05) is 32.5 Å². The first-order valence-corrected chi connectivity index (χ1v) is 6.39. The Balaban J connectivity index is 2.44. The van der Waals surface area contributed by atoms with E-state index >= 15 is 0 Å². The molecule has 0 aliphatic heterocycles. The monoisotopic (exact) mass is 236 g/mol. The SMILES string of the molecule is CCCCNC(=NCc1ccn(C)c1)NCC. The maximum Gasteiger partial charge on any atom is 0.191 e. The number of unbranched alkanes of at least 4 members (excludes halogenated alkanes) is 1. The van der Waals surface area contributed by atoms with E-state index in [1.54, 1.807) is 0 Å². The Labute approximate surface area is 104 Å². The highest BCUT2D eigenvalue weighted by Gasteiger charge is 1.97. The van der Waals surface area contributed by atoms with Crippen molar-refractivity contribution in [2.75, 3.05) is 13.1 Å². The van der Waals surface area contributed by atoms with Gasteiger partial charge in [-0.25, -0.2) is 4.99 Å². The van der Waals surface area contributed by atoms with E-state index in [1.165, 1.54) is 18.4 Å². The summed E-state index contributed by atoms with van der Waals surface area (Å²) < 4.78 is 2.04. The first kappa shape index (κ1) is 13.6. The van der Waals surface area contributed by atoms with Crippen molar-refractivity contribution >= 4 is 5.96 Å². The van der Waals surface area contributed by atoms with Crippen molar-refractivity contribution in [3.05, 3.63) is 24.0 Å². The summed E-state index contributed by atoms with van der Waals surface area (Å²) in [7, 11) is 2.03. The third-order valence-corrected chi connectivity index (χ3v) is 2.48. The normalized spacial score (nSPS) is 11.6. The van der Waals surface area contributed by atoms with Crippen molar-refractivity contribution in [1.29, 1.82) is 0 Å². The van der Waals surface area contributed by atoms with Crippen LogP contribution in [0.3, 0.4) is 0 Å². The lowest BCUT2D eigenvalue weighted by atomic mass is 10.3. The number of rotatable bonds is 6. The van der Waals surface area contributed by atoms with E-state index in [-0.39, 0.29) is 0 Å². The molecule has 1 aromatic heterocycles. The van der Waals surface area contributed by atoms with Crippen LogP contribution in [0.15, 0.2) is 23.5 Å². The highest BCUT2D eigenvalue weighted by Crippen LogP contribution is 2.00. The number of hydrogen-bond acceptors (Lipinski definition) is 1. The minimum atomic E-state index is 0.725. The van der Waals surface area contributed by atoms with Gasteiger partial charge in [0.1, 0.15) is 0 Å². The molecule has 0 fully saturated rings. The first-order valence-electron chi connectivity index (χ1n) is 6.39. The highest BCUT2D eigenvalue weighted by molar-refractivity contribution is 5.79. The maximum absolute atomic E-state index is 4.55. The van der Waals surface area contributed by atoms with Gasteiger partial charge in [0.05, 0.1) is 6.54 Å². The van der Waals surface area contributed by atoms with Crippen molar-refractivity contribution < 1.29 is 0 Å². The molecule has 96 valence electrons. The fourth-order valence-corrected chi connectivity index (χ4v) is 1.55. The lowest BCUT2D eigenvalue weighted by Gasteiger charge is -2.10. The highest BCUT2D eigenvalue weighted by atomic mass is 15.2. The summed E-state index contributed by atoms with van der Waals surface area (Å²) in [4.78, 5) is 4.55. The fourth-order valence-electron chi connectivity index (χ4n) is 1.55. The average Bonchev–Trinajstić information content (AvgIpc) is 2.72. The molecule has 0 bridgehead atoms. The smallest absolute Gasteiger partial charge is 0.191 e. The van der Waals surface area contributed by atoms with Crippen LogP contribution in [0.1, 0.15) is 32.3 Å². The quantitative estimate of drug-likeness (QED) is 0.450. The number of aryl methyl sites for hydroxylation is 1. The fraction of sp³-hybridized carbons (Fsp3) is 0.615. The summed E-state index contributed by atoms with van der Waals surface area (Å²) in [6.07, 6.45) is 6.52.